The predicted molar refractivity (Wildman–Crippen MR) is 296 cm³/mol. The number of aliphatic hydroxyl groups excluding tert-OH is 1. The highest BCUT2D eigenvalue weighted by atomic mass is 28.5. The molecule has 4 saturated heterocycles. The number of hydrogen-bond acceptors (Lipinski definition) is 19. The lowest BCUT2D eigenvalue weighted by atomic mass is 9.89. The summed E-state index contributed by atoms with van der Waals surface area (Å²) in [4.78, 5) is 25.7. The molecular formula is C50H88N10O11Si4. The van der Waals surface area contributed by atoms with E-state index < -0.39 is 82.3 Å². The summed E-state index contributed by atoms with van der Waals surface area (Å²) in [6.07, 6.45) is 4.19. The fourth-order valence-electron chi connectivity index (χ4n) is 12.3. The number of aromatic nitrogens is 8. The molecule has 0 amide bonds. The number of anilines is 2. The molecule has 21 nitrogen and oxygen atoms in total. The summed E-state index contributed by atoms with van der Waals surface area (Å²) in [6, 6.07) is 0. The van der Waals surface area contributed by atoms with Gasteiger partial charge in [0, 0.05) is 13.0 Å². The van der Waals surface area contributed by atoms with E-state index in [1.807, 2.05) is 0 Å². The Kier molecular flexibility index (Phi) is 17.9. The van der Waals surface area contributed by atoms with Gasteiger partial charge < -0.3 is 62.2 Å². The quantitative estimate of drug-likeness (QED) is 0.0552. The predicted octanol–water partition coefficient (Wildman–Crippen LogP) is 8.34. The second kappa shape index (κ2) is 22.5. The van der Waals surface area contributed by atoms with Crippen LogP contribution in [0, 0.1) is 0 Å². The van der Waals surface area contributed by atoms with Crippen LogP contribution < -0.4 is 11.5 Å². The second-order valence-electron chi connectivity index (χ2n) is 23.5. The van der Waals surface area contributed by atoms with E-state index in [2.05, 4.69) is 147 Å². The van der Waals surface area contributed by atoms with Crippen molar-refractivity contribution in [3.05, 3.63) is 38.0 Å². The third kappa shape index (κ3) is 10.2. The zero-order chi connectivity index (χ0) is 55.4. The van der Waals surface area contributed by atoms with Crippen LogP contribution in [0.4, 0.5) is 11.6 Å². The highest BCUT2D eigenvalue weighted by Gasteiger charge is 2.67. The molecule has 0 radical (unpaired) electrons. The Labute approximate surface area is 447 Å². The molecule has 4 fully saturated rings. The first kappa shape index (κ1) is 59.5. The van der Waals surface area contributed by atoms with Crippen molar-refractivity contribution in [1.29, 1.82) is 0 Å². The number of nitrogen functional groups attached to an aromatic ring is 2. The summed E-state index contributed by atoms with van der Waals surface area (Å²) >= 11 is 0. The smallest absolute Gasteiger partial charge is 0.335 e. The van der Waals surface area contributed by atoms with E-state index in [0.717, 1.165) is 0 Å². The Bertz CT molecular complexity index is 2560. The van der Waals surface area contributed by atoms with Gasteiger partial charge >= 0.3 is 34.2 Å². The van der Waals surface area contributed by atoms with E-state index in [0.29, 0.717) is 28.7 Å². The Morgan fingerprint density at radius 3 is 1.29 bits per heavy atom. The zero-order valence-corrected chi connectivity index (χ0v) is 51.3. The molecule has 4 aromatic heterocycles. The largest absolute Gasteiger partial charge is 0.414 e. The summed E-state index contributed by atoms with van der Waals surface area (Å²) in [5, 5.41) is 34.6. The number of hydrogen-bond donors (Lipinski definition) is 5. The summed E-state index contributed by atoms with van der Waals surface area (Å²) in [6.45, 7) is 39.0. The van der Waals surface area contributed by atoms with E-state index in [-0.39, 0.29) is 88.6 Å². The number of rotatable bonds is 15. The summed E-state index contributed by atoms with van der Waals surface area (Å²) < 4.78 is 59.3. The fourth-order valence-corrected chi connectivity index (χ4v) is 34.8. The minimum atomic E-state index is -3.01. The number of ether oxygens (including phenoxy) is 2. The van der Waals surface area contributed by atoms with E-state index in [9.17, 15) is 15.3 Å². The maximum Gasteiger partial charge on any atom is 0.335 e. The molecule has 8 rings (SSSR count). The molecule has 25 heteroatoms. The van der Waals surface area contributed by atoms with Crippen molar-refractivity contribution in [3.63, 3.8) is 0 Å². The van der Waals surface area contributed by atoms with Crippen LogP contribution in [-0.2, 0) is 35.4 Å². The lowest BCUT2D eigenvalue weighted by Gasteiger charge is -2.52. The second-order valence-corrected chi connectivity index (χ2v) is 41.2. The van der Waals surface area contributed by atoms with Gasteiger partial charge in [-0.25, -0.2) is 29.9 Å². The monoisotopic (exact) mass is 1120 g/mol. The highest BCUT2D eigenvalue weighted by molar-refractivity contribution is 6.84. The standard InChI is InChI=1S/C25H45N5O6Si2.C25H43N5O5Si2/c1-15(2)37(16(3)4)33-12-19-21(35-38(36-37,17(5)6)18(7)8)25(32,10-9-11-31)24(34-19)30-14-29-20-22(26)27-13-28-23(20)30;1-10-11-25(31)21-19(33-24(25)30-14-29-20-22(26)27-13-28-23(20)30)12-32-36(15(2)3,16(4)5)35-37(34-21,17(6)7)18(8)9/h13-19,21,24,31-32H,9-12H2,1-8H3,(H2,26,27,28);10,13-19,21,24,31H,1,11-12H2,2-9H3,(H2,26,27,28)/t2*19-,21-,24?,25-/m11/s1. The Morgan fingerprint density at radius 2 is 0.947 bits per heavy atom. The van der Waals surface area contributed by atoms with Gasteiger partial charge in [-0.15, -0.1) is 6.58 Å². The maximum absolute atomic E-state index is 12.5. The molecule has 8 atom stereocenters. The van der Waals surface area contributed by atoms with Crippen LogP contribution in [0.25, 0.3) is 22.3 Å². The summed E-state index contributed by atoms with van der Waals surface area (Å²) in [7, 11) is -11.5. The lowest BCUT2D eigenvalue weighted by Crippen LogP contribution is -2.67. The van der Waals surface area contributed by atoms with Crippen LogP contribution in [0.1, 0.15) is 142 Å². The summed E-state index contributed by atoms with van der Waals surface area (Å²) in [5.74, 6) is 0.518. The Hall–Kier alpha value is -3.13. The zero-order valence-electron chi connectivity index (χ0n) is 47.3. The molecule has 75 heavy (non-hydrogen) atoms. The topological polar surface area (TPSA) is 274 Å². The van der Waals surface area contributed by atoms with Gasteiger partial charge in [0.25, 0.3) is 0 Å². The first-order valence-electron chi connectivity index (χ1n) is 27.0. The van der Waals surface area contributed by atoms with Crippen LogP contribution >= 0.6 is 0 Å². The molecule has 0 aliphatic carbocycles. The van der Waals surface area contributed by atoms with E-state index >= 15 is 0 Å². The lowest BCUT2D eigenvalue weighted by molar-refractivity contribution is -0.113. The Morgan fingerprint density at radius 1 is 0.587 bits per heavy atom. The minimum Gasteiger partial charge on any atom is -0.414 e. The third-order valence-corrected chi connectivity index (χ3v) is 36.7. The van der Waals surface area contributed by atoms with Crippen molar-refractivity contribution in [2.24, 2.45) is 0 Å². The molecule has 4 aliphatic heterocycles. The van der Waals surface area contributed by atoms with Crippen molar-refractivity contribution in [2.45, 2.75) is 222 Å². The van der Waals surface area contributed by atoms with E-state index in [1.165, 1.54) is 12.7 Å². The van der Waals surface area contributed by atoms with Crippen LogP contribution in [0.2, 0.25) is 44.3 Å². The van der Waals surface area contributed by atoms with Crippen molar-refractivity contribution >= 4 is 68.2 Å². The first-order valence-corrected chi connectivity index (χ1v) is 34.9. The number of nitrogens with two attached hydrogens (primary N) is 2. The van der Waals surface area contributed by atoms with Crippen molar-refractivity contribution < 1.29 is 50.7 Å². The SMILES string of the molecule is C=CC[C@]1(O)C(n2cnc3c(N)ncnc32)O[C@@H]2CO[Si](C(C)C)(C(C)C)O[Si](C(C)C)(C(C)C)O[C@H]21.CC(C)[Si]1(C(C)C)OC[C@H]2OC(n3cnc4c(N)ncnc43)[C@@](O)(CCCO)[C@@H]2O[Si](C(C)C)(C(C)C)O1. The van der Waals surface area contributed by atoms with Crippen LogP contribution in [0.5, 0.6) is 0 Å². The normalized spacial score (nSPS) is 29.5. The van der Waals surface area contributed by atoms with Crippen molar-refractivity contribution in [3.8, 4) is 0 Å². The maximum atomic E-state index is 12.5. The third-order valence-electron chi connectivity index (χ3n) is 16.3. The van der Waals surface area contributed by atoms with Crippen molar-refractivity contribution in [2.75, 3.05) is 31.3 Å². The molecule has 2 unspecified atom stereocenters. The van der Waals surface area contributed by atoms with Gasteiger partial charge in [-0.05, 0) is 57.2 Å². The summed E-state index contributed by atoms with van der Waals surface area (Å²) in [5.41, 5.74) is 12.2. The highest BCUT2D eigenvalue weighted by Crippen LogP contribution is 2.54. The molecular weight excluding hydrogens is 1030 g/mol. The molecule has 4 aromatic rings. The Balaban J connectivity index is 0.000000219. The minimum absolute atomic E-state index is 0.0765. The number of imidazole rings is 2. The van der Waals surface area contributed by atoms with Crippen molar-refractivity contribution in [1.82, 2.24) is 39.0 Å². The molecule has 0 aromatic carbocycles. The molecule has 4 aliphatic rings. The van der Waals surface area contributed by atoms with Gasteiger partial charge in [-0.3, -0.25) is 9.13 Å². The fraction of sp³-hybridized carbons (Fsp3) is 0.760. The first-order chi connectivity index (χ1) is 35.2. The number of aliphatic hydroxyl groups is 3. The number of fused-ring (bicyclic) bond motifs is 4. The average molecular weight is 1120 g/mol. The average Bonchev–Trinajstić information content (AvgIpc) is 4.07. The van der Waals surface area contributed by atoms with Gasteiger partial charge in [0.05, 0.1) is 25.9 Å². The number of nitrogens with zero attached hydrogens (tertiary/aromatic N) is 8. The molecule has 7 N–H and O–H groups in total. The van der Waals surface area contributed by atoms with Crippen LogP contribution in [0.3, 0.4) is 0 Å². The van der Waals surface area contributed by atoms with Gasteiger partial charge in [0.15, 0.2) is 35.4 Å². The molecule has 0 saturated carbocycles. The van der Waals surface area contributed by atoms with E-state index in [4.69, 9.17) is 46.9 Å². The molecule has 8 heterocycles. The van der Waals surface area contributed by atoms with Gasteiger partial charge in [-0.1, -0.05) is 117 Å². The molecule has 420 valence electrons. The molecule has 0 spiro atoms. The van der Waals surface area contributed by atoms with Crippen LogP contribution in [-0.4, -0.2) is 144 Å². The van der Waals surface area contributed by atoms with Gasteiger partial charge in [0.2, 0.25) is 0 Å². The van der Waals surface area contributed by atoms with Gasteiger partial charge in [-0.2, -0.15) is 0 Å². The molecule has 0 bridgehead atoms. The van der Waals surface area contributed by atoms with Crippen LogP contribution in [0.15, 0.2) is 38.0 Å². The van der Waals surface area contributed by atoms with Gasteiger partial charge in [0.1, 0.15) is 59.3 Å². The van der Waals surface area contributed by atoms with E-state index in [1.54, 1.807) is 27.9 Å².